The van der Waals surface area contributed by atoms with Crippen LogP contribution in [0.2, 0.25) is 0 Å². The molecule has 19 heavy (non-hydrogen) atoms. The number of aromatic nitrogens is 1. The van der Waals surface area contributed by atoms with Gasteiger partial charge in [-0.05, 0) is 36.8 Å². The molecule has 0 bridgehead atoms. The van der Waals surface area contributed by atoms with Crippen molar-refractivity contribution in [2.24, 2.45) is 5.73 Å². The van der Waals surface area contributed by atoms with E-state index in [0.717, 1.165) is 12.3 Å². The van der Waals surface area contributed by atoms with Crippen LogP contribution in [-0.2, 0) is 6.42 Å². The minimum absolute atomic E-state index is 0.695. The lowest BCUT2D eigenvalue weighted by molar-refractivity contribution is 0.448. The third kappa shape index (κ3) is 2.91. The van der Waals surface area contributed by atoms with Gasteiger partial charge in [-0.3, -0.25) is 0 Å². The van der Waals surface area contributed by atoms with E-state index in [0.29, 0.717) is 6.54 Å². The second-order valence-corrected chi connectivity index (χ2v) is 7.10. The minimum Gasteiger partial charge on any atom is -0.330 e. The molecule has 0 aliphatic heterocycles. The normalized spacial score (nSPS) is 16.9. The lowest BCUT2D eigenvalue weighted by atomic mass is 9.87. The number of thiophene rings is 1. The molecule has 3 rings (SSSR count). The Bertz CT molecular complexity index is 510. The molecule has 2 nitrogen and oxygen atoms in total. The SMILES string of the molecule is NCCc1nc(-c2ccsc2)c(C2CCCCC2)s1. The molecular weight excluding hydrogens is 272 g/mol. The fraction of sp³-hybridized carbons (Fsp3) is 0.533. The first-order chi connectivity index (χ1) is 9.38. The highest BCUT2D eigenvalue weighted by atomic mass is 32.1. The van der Waals surface area contributed by atoms with Crippen LogP contribution in [0.25, 0.3) is 11.3 Å². The quantitative estimate of drug-likeness (QED) is 0.906. The summed E-state index contributed by atoms with van der Waals surface area (Å²) in [6.45, 7) is 0.695. The molecule has 1 aliphatic carbocycles. The molecule has 4 heteroatoms. The van der Waals surface area contributed by atoms with Crippen LogP contribution >= 0.6 is 22.7 Å². The van der Waals surface area contributed by atoms with E-state index < -0.39 is 0 Å². The Kier molecular flexibility index (Phi) is 4.31. The fourth-order valence-corrected chi connectivity index (χ4v) is 4.77. The molecule has 2 N–H and O–H groups in total. The molecular formula is C15H20N2S2. The molecule has 1 aliphatic rings. The van der Waals surface area contributed by atoms with Crippen LogP contribution in [0.4, 0.5) is 0 Å². The number of nitrogens with two attached hydrogens (primary N) is 1. The predicted molar refractivity (Wildman–Crippen MR) is 84.0 cm³/mol. The van der Waals surface area contributed by atoms with Gasteiger partial charge in [-0.15, -0.1) is 11.3 Å². The van der Waals surface area contributed by atoms with Crippen LogP contribution in [0.5, 0.6) is 0 Å². The first-order valence-corrected chi connectivity index (χ1v) is 8.86. The first kappa shape index (κ1) is 13.3. The van der Waals surface area contributed by atoms with Crippen molar-refractivity contribution in [1.29, 1.82) is 0 Å². The van der Waals surface area contributed by atoms with Gasteiger partial charge in [-0.25, -0.2) is 4.98 Å². The van der Waals surface area contributed by atoms with Crippen molar-refractivity contribution in [2.75, 3.05) is 6.54 Å². The van der Waals surface area contributed by atoms with E-state index in [1.54, 1.807) is 11.3 Å². The fourth-order valence-electron chi connectivity index (χ4n) is 2.86. The standard InChI is InChI=1S/C15H20N2S2/c16-8-6-13-17-14(12-7-9-18-10-12)15(19-13)11-4-2-1-3-5-11/h7,9-11H,1-6,8,16H2. The van der Waals surface area contributed by atoms with E-state index in [1.807, 2.05) is 11.3 Å². The van der Waals surface area contributed by atoms with Crippen molar-refractivity contribution < 1.29 is 0 Å². The van der Waals surface area contributed by atoms with Gasteiger partial charge in [0.25, 0.3) is 0 Å². The van der Waals surface area contributed by atoms with Crippen molar-refractivity contribution in [2.45, 2.75) is 44.4 Å². The van der Waals surface area contributed by atoms with Crippen molar-refractivity contribution in [1.82, 2.24) is 4.98 Å². The smallest absolute Gasteiger partial charge is 0.0948 e. The molecule has 2 heterocycles. The average Bonchev–Trinajstić information content (AvgIpc) is 3.08. The summed E-state index contributed by atoms with van der Waals surface area (Å²) < 4.78 is 0. The van der Waals surface area contributed by atoms with E-state index in [9.17, 15) is 0 Å². The van der Waals surface area contributed by atoms with Gasteiger partial charge in [0.05, 0.1) is 10.7 Å². The van der Waals surface area contributed by atoms with Gasteiger partial charge >= 0.3 is 0 Å². The zero-order valence-electron chi connectivity index (χ0n) is 11.1. The topological polar surface area (TPSA) is 38.9 Å². The number of rotatable bonds is 4. The van der Waals surface area contributed by atoms with Crippen LogP contribution in [0, 0.1) is 0 Å². The van der Waals surface area contributed by atoms with Crippen LogP contribution < -0.4 is 5.73 Å². The van der Waals surface area contributed by atoms with Crippen LogP contribution in [-0.4, -0.2) is 11.5 Å². The summed E-state index contributed by atoms with van der Waals surface area (Å²) in [5.74, 6) is 0.729. The van der Waals surface area contributed by atoms with Gasteiger partial charge in [0, 0.05) is 22.2 Å². The zero-order chi connectivity index (χ0) is 13.1. The third-order valence-corrected chi connectivity index (χ3v) is 5.79. The average molecular weight is 292 g/mol. The zero-order valence-corrected chi connectivity index (χ0v) is 12.7. The van der Waals surface area contributed by atoms with Gasteiger partial charge in [0.1, 0.15) is 0 Å². The largest absolute Gasteiger partial charge is 0.330 e. The summed E-state index contributed by atoms with van der Waals surface area (Å²) in [6.07, 6.45) is 7.73. The van der Waals surface area contributed by atoms with E-state index in [1.165, 1.54) is 53.2 Å². The molecule has 102 valence electrons. The molecule has 2 aromatic heterocycles. The van der Waals surface area contributed by atoms with Gasteiger partial charge < -0.3 is 5.73 Å². The molecule has 1 fully saturated rings. The van der Waals surface area contributed by atoms with Crippen LogP contribution in [0.3, 0.4) is 0 Å². The summed E-state index contributed by atoms with van der Waals surface area (Å²) >= 11 is 3.65. The van der Waals surface area contributed by atoms with Crippen molar-refractivity contribution in [3.63, 3.8) is 0 Å². The third-order valence-electron chi connectivity index (χ3n) is 3.83. The highest BCUT2D eigenvalue weighted by Crippen LogP contribution is 2.41. The maximum atomic E-state index is 5.69. The summed E-state index contributed by atoms with van der Waals surface area (Å²) in [5, 5.41) is 5.57. The van der Waals surface area contributed by atoms with Crippen molar-refractivity contribution >= 4 is 22.7 Å². The molecule has 1 saturated carbocycles. The predicted octanol–water partition coefficient (Wildman–Crippen LogP) is 4.42. The summed E-state index contributed by atoms with van der Waals surface area (Å²) in [7, 11) is 0. The van der Waals surface area contributed by atoms with Crippen molar-refractivity contribution in [3.8, 4) is 11.3 Å². The van der Waals surface area contributed by atoms with Gasteiger partial charge in [-0.2, -0.15) is 11.3 Å². The maximum Gasteiger partial charge on any atom is 0.0948 e. The van der Waals surface area contributed by atoms with E-state index in [4.69, 9.17) is 10.7 Å². The monoisotopic (exact) mass is 292 g/mol. The number of hydrogen-bond acceptors (Lipinski definition) is 4. The molecule has 0 atom stereocenters. The number of hydrogen-bond donors (Lipinski definition) is 1. The maximum absolute atomic E-state index is 5.69. The molecule has 2 aromatic rings. The molecule has 0 spiro atoms. The lowest BCUT2D eigenvalue weighted by Gasteiger charge is -2.21. The van der Waals surface area contributed by atoms with E-state index in [2.05, 4.69) is 16.8 Å². The first-order valence-electron chi connectivity index (χ1n) is 7.10. The molecule has 0 saturated heterocycles. The summed E-state index contributed by atoms with van der Waals surface area (Å²) in [6, 6.07) is 2.19. The molecule has 0 amide bonds. The Hall–Kier alpha value is -0.710. The highest BCUT2D eigenvalue weighted by Gasteiger charge is 2.23. The van der Waals surface area contributed by atoms with Crippen LogP contribution in [0.15, 0.2) is 16.8 Å². The second-order valence-electron chi connectivity index (χ2n) is 5.21. The minimum atomic E-state index is 0.695. The molecule has 0 unspecified atom stereocenters. The summed E-state index contributed by atoms with van der Waals surface area (Å²) in [5.41, 5.74) is 8.22. The Morgan fingerprint density at radius 2 is 2.11 bits per heavy atom. The number of thiazole rings is 1. The number of nitrogens with zero attached hydrogens (tertiary/aromatic N) is 1. The highest BCUT2D eigenvalue weighted by molar-refractivity contribution is 7.12. The second kappa shape index (κ2) is 6.16. The van der Waals surface area contributed by atoms with Gasteiger partial charge in [0.15, 0.2) is 0 Å². The molecule has 0 radical (unpaired) electrons. The summed E-state index contributed by atoms with van der Waals surface area (Å²) in [4.78, 5) is 6.38. The van der Waals surface area contributed by atoms with E-state index >= 15 is 0 Å². The Balaban J connectivity index is 1.95. The Labute approximate surface area is 122 Å². The Morgan fingerprint density at radius 3 is 2.79 bits per heavy atom. The van der Waals surface area contributed by atoms with Crippen LogP contribution in [0.1, 0.15) is 47.9 Å². The molecule has 0 aromatic carbocycles. The lowest BCUT2D eigenvalue weighted by Crippen LogP contribution is -2.03. The van der Waals surface area contributed by atoms with Crippen molar-refractivity contribution in [3.05, 3.63) is 26.7 Å². The van der Waals surface area contributed by atoms with Gasteiger partial charge in [-0.1, -0.05) is 19.3 Å². The Morgan fingerprint density at radius 1 is 1.26 bits per heavy atom. The van der Waals surface area contributed by atoms with Gasteiger partial charge in [0.2, 0.25) is 0 Å². The van der Waals surface area contributed by atoms with E-state index in [-0.39, 0.29) is 0 Å².